The minimum absolute atomic E-state index is 0.141. The van der Waals surface area contributed by atoms with E-state index in [1.165, 1.54) is 70.6 Å². The van der Waals surface area contributed by atoms with Crippen LogP contribution in [-0.4, -0.2) is 82.1 Å². The molecule has 0 spiro atoms. The van der Waals surface area contributed by atoms with Gasteiger partial charge in [0.05, 0.1) is 19.3 Å². The van der Waals surface area contributed by atoms with Crippen LogP contribution in [-0.2, 0) is 9.47 Å². The van der Waals surface area contributed by atoms with E-state index in [-0.39, 0.29) is 13.2 Å². The summed E-state index contributed by atoms with van der Waals surface area (Å²) in [6.07, 6.45) is 13.5. The molecule has 1 aliphatic rings. The Morgan fingerprint density at radius 3 is 2.03 bits per heavy atom. The fraction of sp³-hybridized carbons (Fsp3) is 0.920. The van der Waals surface area contributed by atoms with Crippen molar-refractivity contribution in [3.63, 3.8) is 0 Å². The summed E-state index contributed by atoms with van der Waals surface area (Å²) in [4.78, 5) is 0. The molecule has 33 heavy (non-hydrogen) atoms. The lowest BCUT2D eigenvalue weighted by molar-refractivity contribution is -0.298. The third-order valence-corrected chi connectivity index (χ3v) is 6.14. The lowest BCUT2D eigenvalue weighted by atomic mass is 9.99. The molecule has 0 amide bonds. The van der Waals surface area contributed by atoms with Gasteiger partial charge in [-0.2, -0.15) is 0 Å². The lowest BCUT2D eigenvalue weighted by Gasteiger charge is -2.40. The number of aliphatic hydroxyl groups excluding tert-OH is 5. The number of nitrogens with one attached hydrogen (secondary N) is 1. The van der Waals surface area contributed by atoms with Crippen LogP contribution in [0.25, 0.3) is 0 Å². The van der Waals surface area contributed by atoms with Crippen LogP contribution in [0, 0.1) is 0 Å². The molecular weight excluding hydrogens is 426 g/mol. The Hall–Kier alpha value is -0.740. The Bertz CT molecular complexity index is 480. The highest BCUT2D eigenvalue weighted by Gasteiger charge is 2.44. The molecule has 0 aromatic rings. The molecule has 1 unspecified atom stereocenters. The van der Waals surface area contributed by atoms with E-state index in [4.69, 9.17) is 14.6 Å². The molecule has 196 valence electrons. The summed E-state index contributed by atoms with van der Waals surface area (Å²) in [7, 11) is 0. The van der Waals surface area contributed by atoms with Gasteiger partial charge in [-0.3, -0.25) is 0 Å². The quantitative estimate of drug-likeness (QED) is 0.148. The minimum atomic E-state index is -1.49. The van der Waals surface area contributed by atoms with Gasteiger partial charge >= 0.3 is 0 Å². The highest BCUT2D eigenvalue weighted by Crippen LogP contribution is 2.22. The van der Waals surface area contributed by atoms with Gasteiger partial charge in [0, 0.05) is 6.54 Å². The Balaban J connectivity index is 1.96. The standard InChI is InChI=1S/C25H49NO7/c1-2-3-4-5-6-7-8-9-10-11-12-13-14-15-16-26-17-20(28)19-32-24-23(30)22(29)21(18-27)33-25(24)31/h15-16,20-31H,2-14,17-19H2,1H3/b16-15+/t20?,21-,22+,23+,24-,25-/m1/s1. The second kappa shape index (κ2) is 19.6. The summed E-state index contributed by atoms with van der Waals surface area (Å²) >= 11 is 0. The van der Waals surface area contributed by atoms with Crippen molar-refractivity contribution < 1.29 is 35.0 Å². The second-order valence-corrected chi connectivity index (χ2v) is 9.17. The highest BCUT2D eigenvalue weighted by atomic mass is 16.7. The number of allylic oxidation sites excluding steroid dienone is 1. The molecule has 8 nitrogen and oxygen atoms in total. The molecule has 1 rings (SSSR count). The van der Waals surface area contributed by atoms with Crippen LogP contribution < -0.4 is 5.32 Å². The largest absolute Gasteiger partial charge is 0.394 e. The molecule has 0 saturated carbocycles. The zero-order valence-electron chi connectivity index (χ0n) is 20.5. The zero-order valence-corrected chi connectivity index (χ0v) is 20.5. The number of aliphatic hydroxyl groups is 5. The van der Waals surface area contributed by atoms with E-state index < -0.39 is 43.4 Å². The maximum atomic E-state index is 10.0. The molecule has 6 N–H and O–H groups in total. The number of unbranched alkanes of at least 4 members (excludes halogenated alkanes) is 12. The highest BCUT2D eigenvalue weighted by molar-refractivity contribution is 4.89. The van der Waals surface area contributed by atoms with Gasteiger partial charge in [-0.25, -0.2) is 0 Å². The first-order chi connectivity index (χ1) is 16.0. The smallest absolute Gasteiger partial charge is 0.184 e. The van der Waals surface area contributed by atoms with E-state index in [2.05, 4.69) is 18.3 Å². The molecule has 6 atom stereocenters. The molecule has 8 heteroatoms. The number of hydrogen-bond acceptors (Lipinski definition) is 8. The molecule has 1 heterocycles. The first kappa shape index (κ1) is 30.3. The van der Waals surface area contributed by atoms with Gasteiger partial charge < -0.3 is 40.3 Å². The molecule has 1 fully saturated rings. The number of ether oxygens (including phenoxy) is 2. The molecule has 0 radical (unpaired) electrons. The van der Waals surface area contributed by atoms with Crippen molar-refractivity contribution in [1.82, 2.24) is 5.32 Å². The van der Waals surface area contributed by atoms with E-state index in [1.807, 2.05) is 6.20 Å². The minimum Gasteiger partial charge on any atom is -0.394 e. The summed E-state index contributed by atoms with van der Waals surface area (Å²) in [6, 6.07) is 0. The van der Waals surface area contributed by atoms with Crippen LogP contribution in [0.5, 0.6) is 0 Å². The van der Waals surface area contributed by atoms with Crippen LogP contribution in [0.2, 0.25) is 0 Å². The van der Waals surface area contributed by atoms with Gasteiger partial charge in [0.2, 0.25) is 0 Å². The van der Waals surface area contributed by atoms with Crippen LogP contribution in [0.1, 0.15) is 90.4 Å². The van der Waals surface area contributed by atoms with Gasteiger partial charge in [-0.15, -0.1) is 0 Å². The van der Waals surface area contributed by atoms with Crippen LogP contribution >= 0.6 is 0 Å². The van der Waals surface area contributed by atoms with E-state index in [0.29, 0.717) is 0 Å². The first-order valence-corrected chi connectivity index (χ1v) is 13.0. The van der Waals surface area contributed by atoms with Crippen molar-refractivity contribution in [2.75, 3.05) is 19.8 Å². The predicted octanol–water partition coefficient (Wildman–Crippen LogP) is 2.36. The normalized spacial score (nSPS) is 26.7. The van der Waals surface area contributed by atoms with Crippen molar-refractivity contribution in [3.8, 4) is 0 Å². The van der Waals surface area contributed by atoms with Gasteiger partial charge in [-0.05, 0) is 19.0 Å². The van der Waals surface area contributed by atoms with Crippen LogP contribution in [0.4, 0.5) is 0 Å². The molecule has 0 bridgehead atoms. The molecule has 0 aliphatic carbocycles. The number of rotatable bonds is 20. The summed E-state index contributed by atoms with van der Waals surface area (Å²) < 4.78 is 10.4. The summed E-state index contributed by atoms with van der Waals surface area (Å²) in [5.74, 6) is 0. The van der Waals surface area contributed by atoms with Gasteiger partial charge in [-0.1, -0.05) is 83.6 Å². The van der Waals surface area contributed by atoms with Crippen molar-refractivity contribution in [3.05, 3.63) is 12.3 Å². The second-order valence-electron chi connectivity index (χ2n) is 9.17. The monoisotopic (exact) mass is 475 g/mol. The Kier molecular flexibility index (Phi) is 17.9. The van der Waals surface area contributed by atoms with Crippen molar-refractivity contribution >= 4 is 0 Å². The Morgan fingerprint density at radius 1 is 0.879 bits per heavy atom. The lowest BCUT2D eigenvalue weighted by Crippen LogP contribution is -2.59. The average Bonchev–Trinajstić information content (AvgIpc) is 2.81. The molecule has 0 aromatic heterocycles. The van der Waals surface area contributed by atoms with E-state index in [0.717, 1.165) is 12.8 Å². The predicted molar refractivity (Wildman–Crippen MR) is 129 cm³/mol. The summed E-state index contributed by atoms with van der Waals surface area (Å²) in [5, 5.41) is 51.8. The van der Waals surface area contributed by atoms with Gasteiger partial charge in [0.15, 0.2) is 6.29 Å². The Morgan fingerprint density at radius 2 is 1.45 bits per heavy atom. The van der Waals surface area contributed by atoms with Crippen molar-refractivity contribution in [1.29, 1.82) is 0 Å². The van der Waals surface area contributed by atoms with Crippen LogP contribution in [0.3, 0.4) is 0 Å². The van der Waals surface area contributed by atoms with Crippen molar-refractivity contribution in [2.24, 2.45) is 0 Å². The Labute approximate surface area is 200 Å². The van der Waals surface area contributed by atoms with E-state index >= 15 is 0 Å². The summed E-state index contributed by atoms with van der Waals surface area (Å²) in [5.41, 5.74) is 0. The zero-order chi connectivity index (χ0) is 24.3. The van der Waals surface area contributed by atoms with Gasteiger partial charge in [0.25, 0.3) is 0 Å². The maximum Gasteiger partial charge on any atom is 0.184 e. The van der Waals surface area contributed by atoms with E-state index in [9.17, 15) is 20.4 Å². The van der Waals surface area contributed by atoms with Crippen LogP contribution in [0.15, 0.2) is 12.3 Å². The average molecular weight is 476 g/mol. The van der Waals surface area contributed by atoms with E-state index in [1.54, 1.807) is 0 Å². The molecule has 1 saturated heterocycles. The third kappa shape index (κ3) is 13.7. The fourth-order valence-corrected chi connectivity index (χ4v) is 4.01. The SMILES string of the molecule is CCCCCCCCCCCCCC/C=C/NCC(O)CO[C@@H]1[C@@H](O)[C@@H](O)[C@@H](CO)O[C@H]1O. The van der Waals surface area contributed by atoms with Crippen molar-refractivity contribution in [2.45, 2.75) is 127 Å². The third-order valence-electron chi connectivity index (χ3n) is 6.14. The fourth-order valence-electron chi connectivity index (χ4n) is 4.01. The number of hydrogen-bond donors (Lipinski definition) is 6. The summed E-state index contributed by atoms with van der Waals surface area (Å²) in [6.45, 7) is 1.85. The molecule has 0 aromatic carbocycles. The molecular formula is C25H49NO7. The topological polar surface area (TPSA) is 132 Å². The maximum absolute atomic E-state index is 10.0. The molecule has 1 aliphatic heterocycles. The first-order valence-electron chi connectivity index (χ1n) is 13.0. The van der Waals surface area contributed by atoms with Gasteiger partial charge in [0.1, 0.15) is 24.4 Å².